The van der Waals surface area contributed by atoms with Crippen molar-refractivity contribution in [3.8, 4) is 0 Å². The highest BCUT2D eigenvalue weighted by atomic mass is 32.2. The average Bonchev–Trinajstić information content (AvgIpc) is 2.69. The molecular weight excluding hydrogens is 284 g/mol. The maximum absolute atomic E-state index is 12.1. The summed E-state index contributed by atoms with van der Waals surface area (Å²) in [6.45, 7) is 7.29. The van der Waals surface area contributed by atoms with Crippen LogP contribution in [-0.4, -0.2) is 34.7 Å². The van der Waals surface area contributed by atoms with Crippen LogP contribution in [0.3, 0.4) is 0 Å². The molecule has 0 amide bonds. The average molecular weight is 306 g/mol. The Bertz CT molecular complexity index is 495. The Kier molecular flexibility index (Phi) is 6.41. The summed E-state index contributed by atoms with van der Waals surface area (Å²) < 4.78 is 31.6. The fraction of sp³-hybridized carbons (Fsp3) is 0.667. The second kappa shape index (κ2) is 7.35. The summed E-state index contributed by atoms with van der Waals surface area (Å²) in [4.78, 5) is 2.21. The maximum Gasteiger partial charge on any atom is 0.241 e. The Morgan fingerprint density at radius 3 is 2.68 bits per heavy atom. The molecule has 0 saturated heterocycles. The zero-order valence-electron chi connectivity index (χ0n) is 11.8. The number of thiophene rings is 1. The highest BCUT2D eigenvalue weighted by Crippen LogP contribution is 2.25. The van der Waals surface area contributed by atoms with E-state index in [-0.39, 0.29) is 6.54 Å². The van der Waals surface area contributed by atoms with E-state index in [1.165, 1.54) is 11.3 Å². The van der Waals surface area contributed by atoms with Crippen molar-refractivity contribution in [1.29, 1.82) is 0 Å². The number of rotatable bonds is 8. The van der Waals surface area contributed by atoms with E-state index >= 15 is 0 Å². The minimum absolute atomic E-state index is 0.285. The Hall–Kier alpha value is -0.470. The molecule has 0 bridgehead atoms. The molecule has 110 valence electrons. The molecule has 0 fully saturated rings. The second-order valence-corrected chi connectivity index (χ2v) is 7.64. The first kappa shape index (κ1) is 16.6. The molecule has 0 saturated carbocycles. The third-order valence-electron chi connectivity index (χ3n) is 2.50. The smallest absolute Gasteiger partial charge is 0.241 e. The molecule has 0 aliphatic heterocycles. The van der Waals surface area contributed by atoms with Gasteiger partial charge in [-0.1, -0.05) is 13.8 Å². The van der Waals surface area contributed by atoms with Gasteiger partial charge in [0.1, 0.15) is 0 Å². The van der Waals surface area contributed by atoms with E-state index in [1.807, 2.05) is 6.92 Å². The summed E-state index contributed by atoms with van der Waals surface area (Å²) in [5.74, 6) is 0. The normalized spacial score (nSPS) is 12.3. The first-order chi connectivity index (χ1) is 8.86. The Balaban J connectivity index is 2.77. The lowest BCUT2D eigenvalue weighted by Crippen LogP contribution is -2.27. The zero-order valence-corrected chi connectivity index (χ0v) is 13.5. The van der Waals surface area contributed by atoms with Gasteiger partial charge in [-0.15, -0.1) is 11.3 Å². The summed E-state index contributed by atoms with van der Waals surface area (Å²) in [5, 5.41) is 3.28. The largest absolute Gasteiger partial charge is 0.383 e. The lowest BCUT2D eigenvalue weighted by atomic mass is 10.3. The molecule has 1 rings (SSSR count). The minimum atomic E-state index is -3.43. The Labute approximate surface area is 119 Å². The van der Waals surface area contributed by atoms with Gasteiger partial charge >= 0.3 is 0 Å². The molecule has 1 aromatic rings. The van der Waals surface area contributed by atoms with Gasteiger partial charge in [-0.25, -0.2) is 13.1 Å². The van der Waals surface area contributed by atoms with E-state index in [9.17, 15) is 8.42 Å². The Morgan fingerprint density at radius 1 is 1.42 bits per heavy atom. The monoisotopic (exact) mass is 306 g/mol. The van der Waals surface area contributed by atoms with Crippen LogP contribution in [0.5, 0.6) is 0 Å². The van der Waals surface area contributed by atoms with Crippen molar-refractivity contribution < 1.29 is 13.2 Å². The summed E-state index contributed by atoms with van der Waals surface area (Å²) in [5.41, 5.74) is 0. The van der Waals surface area contributed by atoms with Crippen molar-refractivity contribution in [2.45, 2.75) is 38.3 Å². The van der Waals surface area contributed by atoms with E-state index in [1.54, 1.807) is 13.2 Å². The van der Waals surface area contributed by atoms with Crippen molar-refractivity contribution in [1.82, 2.24) is 10.0 Å². The molecule has 0 aromatic carbocycles. The first-order valence-electron chi connectivity index (χ1n) is 6.18. The number of aryl methyl sites for hydroxylation is 1. The SMILES string of the molecule is COCCNS(=O)(=O)c1cc(CNC(C)C)sc1C. The van der Waals surface area contributed by atoms with Crippen molar-refractivity contribution in [3.63, 3.8) is 0 Å². The number of ether oxygens (including phenoxy) is 1. The van der Waals surface area contributed by atoms with Gasteiger partial charge in [-0.05, 0) is 13.0 Å². The zero-order chi connectivity index (χ0) is 14.5. The summed E-state index contributed by atoms with van der Waals surface area (Å²) in [6, 6.07) is 2.12. The predicted molar refractivity (Wildman–Crippen MR) is 78.1 cm³/mol. The first-order valence-corrected chi connectivity index (χ1v) is 8.48. The molecule has 1 aromatic heterocycles. The summed E-state index contributed by atoms with van der Waals surface area (Å²) >= 11 is 1.51. The van der Waals surface area contributed by atoms with E-state index < -0.39 is 10.0 Å². The van der Waals surface area contributed by atoms with Gasteiger partial charge < -0.3 is 10.1 Å². The van der Waals surface area contributed by atoms with E-state index in [0.29, 0.717) is 24.1 Å². The van der Waals surface area contributed by atoms with Crippen LogP contribution in [0.1, 0.15) is 23.6 Å². The van der Waals surface area contributed by atoms with Crippen molar-refractivity contribution in [2.24, 2.45) is 0 Å². The van der Waals surface area contributed by atoms with Gasteiger partial charge in [0.05, 0.1) is 11.5 Å². The molecule has 0 radical (unpaired) electrons. The molecule has 7 heteroatoms. The molecule has 0 aliphatic carbocycles. The van der Waals surface area contributed by atoms with Gasteiger partial charge in [0.15, 0.2) is 0 Å². The molecule has 19 heavy (non-hydrogen) atoms. The fourth-order valence-corrected chi connectivity index (χ4v) is 4.14. The lowest BCUT2D eigenvalue weighted by molar-refractivity contribution is 0.204. The van der Waals surface area contributed by atoms with Crippen LogP contribution >= 0.6 is 11.3 Å². The van der Waals surface area contributed by atoms with Crippen LogP contribution in [0.15, 0.2) is 11.0 Å². The van der Waals surface area contributed by atoms with Crippen molar-refractivity contribution >= 4 is 21.4 Å². The summed E-state index contributed by atoms with van der Waals surface area (Å²) in [6.07, 6.45) is 0. The third kappa shape index (κ3) is 5.19. The molecule has 2 N–H and O–H groups in total. The molecule has 5 nitrogen and oxygen atoms in total. The maximum atomic E-state index is 12.1. The number of hydrogen-bond donors (Lipinski definition) is 2. The quantitative estimate of drug-likeness (QED) is 0.714. The van der Waals surface area contributed by atoms with Crippen LogP contribution in [0.25, 0.3) is 0 Å². The number of sulfonamides is 1. The van der Waals surface area contributed by atoms with Gasteiger partial charge in [0, 0.05) is 36.0 Å². The molecule has 0 spiro atoms. The number of methoxy groups -OCH3 is 1. The predicted octanol–water partition coefficient (Wildman–Crippen LogP) is 1.48. The molecule has 1 heterocycles. The van der Waals surface area contributed by atoms with Crippen LogP contribution in [0, 0.1) is 6.92 Å². The summed E-state index contributed by atoms with van der Waals surface area (Å²) in [7, 11) is -1.89. The van der Waals surface area contributed by atoms with Crippen LogP contribution < -0.4 is 10.0 Å². The minimum Gasteiger partial charge on any atom is -0.383 e. The van der Waals surface area contributed by atoms with Gasteiger partial charge in [-0.3, -0.25) is 0 Å². The second-order valence-electron chi connectivity index (χ2n) is 4.56. The van der Waals surface area contributed by atoms with Gasteiger partial charge in [-0.2, -0.15) is 0 Å². The standard InChI is InChI=1S/C12H22N2O3S2/c1-9(2)13-8-11-7-12(10(3)18-11)19(15,16)14-5-6-17-4/h7,9,13-14H,5-6,8H2,1-4H3. The van der Waals surface area contributed by atoms with Crippen molar-refractivity contribution in [3.05, 3.63) is 15.8 Å². The Morgan fingerprint density at radius 2 is 2.11 bits per heavy atom. The van der Waals surface area contributed by atoms with Gasteiger partial charge in [0.25, 0.3) is 0 Å². The van der Waals surface area contributed by atoms with E-state index in [0.717, 1.165) is 9.75 Å². The van der Waals surface area contributed by atoms with Crippen LogP contribution in [-0.2, 0) is 21.3 Å². The number of nitrogens with one attached hydrogen (secondary N) is 2. The van der Waals surface area contributed by atoms with Gasteiger partial charge in [0.2, 0.25) is 10.0 Å². The lowest BCUT2D eigenvalue weighted by Gasteiger charge is -2.05. The highest BCUT2D eigenvalue weighted by Gasteiger charge is 2.19. The molecule has 0 atom stereocenters. The van der Waals surface area contributed by atoms with E-state index in [4.69, 9.17) is 4.74 Å². The highest BCUT2D eigenvalue weighted by molar-refractivity contribution is 7.89. The van der Waals surface area contributed by atoms with Crippen molar-refractivity contribution in [2.75, 3.05) is 20.3 Å². The fourth-order valence-electron chi connectivity index (χ4n) is 1.54. The molecule has 0 aliphatic rings. The molecular formula is C12H22N2O3S2. The third-order valence-corrected chi connectivity index (χ3v) is 5.26. The van der Waals surface area contributed by atoms with Crippen LogP contribution in [0.4, 0.5) is 0 Å². The van der Waals surface area contributed by atoms with Crippen LogP contribution in [0.2, 0.25) is 0 Å². The topological polar surface area (TPSA) is 67.4 Å². The van der Waals surface area contributed by atoms with E-state index in [2.05, 4.69) is 23.9 Å². The number of hydrogen-bond acceptors (Lipinski definition) is 5. The molecule has 0 unspecified atom stereocenters.